The van der Waals surface area contributed by atoms with Crippen LogP contribution in [0.3, 0.4) is 0 Å². The van der Waals surface area contributed by atoms with Gasteiger partial charge in [-0.05, 0) is 58.7 Å². The van der Waals surface area contributed by atoms with Crippen LogP contribution in [-0.4, -0.2) is 36.4 Å². The third-order valence-electron chi connectivity index (χ3n) is 4.19. The van der Waals surface area contributed by atoms with Gasteiger partial charge in [0, 0.05) is 12.0 Å². The van der Waals surface area contributed by atoms with Crippen LogP contribution in [-0.2, 0) is 20.7 Å². The summed E-state index contributed by atoms with van der Waals surface area (Å²) in [7, 11) is 1.64. The summed E-state index contributed by atoms with van der Waals surface area (Å²) in [6, 6.07) is 14.7. The highest BCUT2D eigenvalue weighted by Gasteiger charge is 2.29. The predicted octanol–water partition coefficient (Wildman–Crippen LogP) is 5.14. The van der Waals surface area contributed by atoms with E-state index in [1.54, 1.807) is 48.7 Å². The Morgan fingerprint density at radius 3 is 2.00 bits per heavy atom. The molecule has 0 spiro atoms. The molecule has 1 amide bonds. The number of carbonyl (C=O) groups excluding carboxylic acids is 2. The van der Waals surface area contributed by atoms with Crippen molar-refractivity contribution in [2.75, 3.05) is 7.11 Å². The molecule has 0 saturated heterocycles. The van der Waals surface area contributed by atoms with Gasteiger partial charge in [-0.3, -0.25) is 0 Å². The number of methoxy groups -OCH3 is 1. The van der Waals surface area contributed by atoms with Gasteiger partial charge in [0.05, 0.1) is 7.11 Å². The molecule has 168 valence electrons. The molecule has 0 fully saturated rings. The van der Waals surface area contributed by atoms with Gasteiger partial charge in [-0.25, -0.2) is 9.59 Å². The highest BCUT2D eigenvalue weighted by molar-refractivity contribution is 5.82. The van der Waals surface area contributed by atoms with E-state index in [4.69, 9.17) is 14.2 Å². The summed E-state index contributed by atoms with van der Waals surface area (Å²) < 4.78 is 16.3. The summed E-state index contributed by atoms with van der Waals surface area (Å²) in [5.41, 5.74) is 1.52. The van der Waals surface area contributed by atoms with Crippen molar-refractivity contribution in [3.63, 3.8) is 0 Å². The van der Waals surface area contributed by atoms with E-state index in [-0.39, 0.29) is 6.42 Å². The van der Waals surface area contributed by atoms with E-state index in [9.17, 15) is 9.59 Å². The molecule has 2 aromatic carbocycles. The van der Waals surface area contributed by atoms with Gasteiger partial charge in [-0.1, -0.05) is 42.5 Å². The fourth-order valence-corrected chi connectivity index (χ4v) is 2.96. The van der Waals surface area contributed by atoms with Gasteiger partial charge in [0.15, 0.2) is 0 Å². The molecule has 1 N–H and O–H groups in total. The average molecular weight is 428 g/mol. The molecule has 0 radical (unpaired) electrons. The largest absolute Gasteiger partial charge is 0.496 e. The lowest BCUT2D eigenvalue weighted by Gasteiger charge is -2.26. The number of nitrogens with one attached hydrogen (secondary N) is 1. The van der Waals surface area contributed by atoms with Crippen molar-refractivity contribution in [1.29, 1.82) is 0 Å². The van der Waals surface area contributed by atoms with Crippen LogP contribution in [0.4, 0.5) is 4.79 Å². The summed E-state index contributed by atoms with van der Waals surface area (Å²) >= 11 is 0. The molecule has 0 aliphatic heterocycles. The smallest absolute Gasteiger partial charge is 0.408 e. The van der Waals surface area contributed by atoms with Gasteiger partial charge < -0.3 is 19.5 Å². The molecule has 0 bridgehead atoms. The van der Waals surface area contributed by atoms with Crippen molar-refractivity contribution < 1.29 is 23.8 Å². The number of amides is 1. The number of rotatable bonds is 6. The zero-order valence-corrected chi connectivity index (χ0v) is 19.4. The number of para-hydroxylation sites is 1. The van der Waals surface area contributed by atoms with Crippen molar-refractivity contribution in [2.45, 2.75) is 65.2 Å². The van der Waals surface area contributed by atoms with Crippen LogP contribution in [0.5, 0.6) is 5.75 Å². The van der Waals surface area contributed by atoms with E-state index in [2.05, 4.69) is 5.32 Å². The zero-order chi connectivity index (χ0) is 23.2. The monoisotopic (exact) mass is 427 g/mol. The summed E-state index contributed by atoms with van der Waals surface area (Å²) in [4.78, 5) is 25.0. The number of hydrogen-bond donors (Lipinski definition) is 1. The second-order valence-electron chi connectivity index (χ2n) is 9.33. The first-order valence-corrected chi connectivity index (χ1v) is 10.3. The Bertz CT molecular complexity index is 891. The molecule has 0 aliphatic carbocycles. The van der Waals surface area contributed by atoms with Crippen LogP contribution in [0.2, 0.25) is 0 Å². The molecule has 0 aromatic heterocycles. The summed E-state index contributed by atoms with van der Waals surface area (Å²) in [6.07, 6.45) is -0.380. The second-order valence-corrected chi connectivity index (χ2v) is 9.33. The minimum atomic E-state index is -0.869. The Morgan fingerprint density at radius 1 is 0.871 bits per heavy atom. The number of carbonyl (C=O) groups is 2. The third kappa shape index (κ3) is 7.96. The van der Waals surface area contributed by atoms with Gasteiger partial charge in [0.25, 0.3) is 0 Å². The lowest BCUT2D eigenvalue weighted by molar-refractivity contribution is -0.157. The van der Waals surface area contributed by atoms with E-state index >= 15 is 0 Å². The number of alkyl carbamates (subject to hydrolysis) is 1. The molecule has 1 atom stereocenters. The zero-order valence-electron chi connectivity index (χ0n) is 19.4. The van der Waals surface area contributed by atoms with Crippen molar-refractivity contribution in [1.82, 2.24) is 5.32 Å². The fraction of sp³-hybridized carbons (Fsp3) is 0.440. The van der Waals surface area contributed by atoms with Crippen LogP contribution in [0, 0.1) is 0 Å². The minimum Gasteiger partial charge on any atom is -0.496 e. The minimum absolute atomic E-state index is 0.278. The lowest BCUT2D eigenvalue weighted by atomic mass is 10.00. The summed E-state index contributed by atoms with van der Waals surface area (Å²) in [6.45, 7) is 10.7. The fourth-order valence-electron chi connectivity index (χ4n) is 2.96. The topological polar surface area (TPSA) is 73.9 Å². The number of hydrogen-bond acceptors (Lipinski definition) is 5. The molecule has 0 unspecified atom stereocenters. The van der Waals surface area contributed by atoms with E-state index in [1.165, 1.54) is 0 Å². The van der Waals surface area contributed by atoms with E-state index in [0.29, 0.717) is 0 Å². The van der Waals surface area contributed by atoms with Gasteiger partial charge in [-0.15, -0.1) is 0 Å². The van der Waals surface area contributed by atoms with Gasteiger partial charge >= 0.3 is 12.1 Å². The maximum absolute atomic E-state index is 12.7. The Balaban J connectivity index is 2.20. The molecule has 2 aromatic rings. The van der Waals surface area contributed by atoms with Gasteiger partial charge in [-0.2, -0.15) is 0 Å². The molecule has 6 nitrogen and oxygen atoms in total. The number of ether oxygens (including phenoxy) is 3. The van der Waals surface area contributed by atoms with Gasteiger partial charge in [0.1, 0.15) is 23.0 Å². The SMILES string of the molecule is COc1ccccc1-c1ccc(C[C@H](NC(=O)OC(C)(C)C)C(=O)OC(C)(C)C)cc1. The summed E-state index contributed by atoms with van der Waals surface area (Å²) in [5, 5.41) is 2.65. The van der Waals surface area contributed by atoms with E-state index < -0.39 is 29.3 Å². The second kappa shape index (κ2) is 9.86. The first kappa shape index (κ1) is 24.3. The van der Waals surface area contributed by atoms with Crippen LogP contribution < -0.4 is 10.1 Å². The quantitative estimate of drug-likeness (QED) is 0.646. The van der Waals surface area contributed by atoms with Gasteiger partial charge in [0.2, 0.25) is 0 Å². The third-order valence-corrected chi connectivity index (χ3v) is 4.19. The molecule has 0 saturated carbocycles. The molecular weight excluding hydrogens is 394 g/mol. The normalized spacial score (nSPS) is 12.6. The maximum atomic E-state index is 12.7. The Labute approximate surface area is 184 Å². The lowest BCUT2D eigenvalue weighted by Crippen LogP contribution is -2.47. The van der Waals surface area contributed by atoms with Crippen molar-refractivity contribution in [2.24, 2.45) is 0 Å². The molecule has 0 aliphatic rings. The number of benzene rings is 2. The van der Waals surface area contributed by atoms with Crippen LogP contribution in [0.15, 0.2) is 48.5 Å². The molecule has 6 heteroatoms. The van der Waals surface area contributed by atoms with Crippen LogP contribution in [0.1, 0.15) is 47.1 Å². The van der Waals surface area contributed by atoms with Crippen LogP contribution in [0.25, 0.3) is 11.1 Å². The molecule has 31 heavy (non-hydrogen) atoms. The highest BCUT2D eigenvalue weighted by Crippen LogP contribution is 2.29. The first-order chi connectivity index (χ1) is 14.4. The first-order valence-electron chi connectivity index (χ1n) is 10.3. The number of esters is 1. The molecule has 0 heterocycles. The van der Waals surface area contributed by atoms with Crippen molar-refractivity contribution >= 4 is 12.1 Å². The molecule has 2 rings (SSSR count). The van der Waals surface area contributed by atoms with E-state index in [1.807, 2.05) is 48.5 Å². The Hall–Kier alpha value is -3.02. The Kier molecular flexibility index (Phi) is 7.71. The van der Waals surface area contributed by atoms with E-state index in [0.717, 1.165) is 22.4 Å². The predicted molar refractivity (Wildman–Crippen MR) is 121 cm³/mol. The Morgan fingerprint density at radius 2 is 1.45 bits per heavy atom. The van der Waals surface area contributed by atoms with Crippen LogP contribution >= 0.6 is 0 Å². The van der Waals surface area contributed by atoms with Crippen molar-refractivity contribution in [3.8, 4) is 16.9 Å². The highest BCUT2D eigenvalue weighted by atomic mass is 16.6. The van der Waals surface area contributed by atoms with Crippen molar-refractivity contribution in [3.05, 3.63) is 54.1 Å². The average Bonchev–Trinajstić information content (AvgIpc) is 2.65. The maximum Gasteiger partial charge on any atom is 0.408 e. The summed E-state index contributed by atoms with van der Waals surface area (Å²) in [5.74, 6) is 0.278. The standard InChI is InChI=1S/C25H33NO5/c1-24(2,3)30-22(27)20(26-23(28)31-25(4,5)6)16-17-12-14-18(15-13-17)19-10-8-9-11-21(19)29-7/h8-15,20H,16H2,1-7H3,(H,26,28)/t20-/m0/s1. The molecular formula is C25H33NO5.